The number of aliphatic hydroxyl groups excluding tert-OH is 1. The fourth-order valence-corrected chi connectivity index (χ4v) is 2.35. The first kappa shape index (κ1) is 24.1. The molecule has 1 atom stereocenters. The predicted molar refractivity (Wildman–Crippen MR) is 95.3 cm³/mol. The van der Waals surface area contributed by atoms with Crippen molar-refractivity contribution >= 4 is 17.9 Å². The van der Waals surface area contributed by atoms with Crippen LogP contribution in [0.3, 0.4) is 0 Å². The highest BCUT2D eigenvalue weighted by atomic mass is 16.6. The number of nitrogens with zero attached hydrogens (tertiary/aromatic N) is 1. The molecule has 0 bridgehead atoms. The number of hydrogen-bond donors (Lipinski definition) is 1. The molecule has 0 rings (SSSR count). The fourth-order valence-electron chi connectivity index (χ4n) is 2.35. The lowest BCUT2D eigenvalue weighted by atomic mass is 10.0. The van der Waals surface area contributed by atoms with E-state index in [0.717, 1.165) is 6.08 Å². The molecule has 0 spiro atoms. The molecule has 1 N–H and O–H groups in total. The van der Waals surface area contributed by atoms with Crippen LogP contribution in [0.5, 0.6) is 0 Å². The number of hydrogen-bond acceptors (Lipinski definition) is 8. The Balaban J connectivity index is 4.44. The summed E-state index contributed by atoms with van der Waals surface area (Å²) in [4.78, 5) is 35.8. The molecule has 0 aromatic carbocycles. The number of carbonyl (C=O) groups excluding carboxylic acids is 3. The van der Waals surface area contributed by atoms with E-state index in [-0.39, 0.29) is 25.6 Å². The maximum atomic E-state index is 12.0. The maximum Gasteiger partial charge on any atom is 0.330 e. The van der Waals surface area contributed by atoms with Crippen molar-refractivity contribution in [2.75, 3.05) is 32.8 Å². The van der Waals surface area contributed by atoms with Crippen molar-refractivity contribution in [1.29, 1.82) is 0 Å². The summed E-state index contributed by atoms with van der Waals surface area (Å²) < 4.78 is 15.2. The summed E-state index contributed by atoms with van der Waals surface area (Å²) in [5.41, 5.74) is -0.757. The van der Waals surface area contributed by atoms with Crippen LogP contribution in [0.2, 0.25) is 0 Å². The average molecular weight is 373 g/mol. The monoisotopic (exact) mass is 373 g/mol. The Morgan fingerprint density at radius 2 is 1.73 bits per heavy atom. The third kappa shape index (κ3) is 13.4. The largest absolute Gasteiger partial charge is 0.465 e. The van der Waals surface area contributed by atoms with E-state index in [2.05, 4.69) is 6.58 Å². The molecule has 0 fully saturated rings. The Morgan fingerprint density at radius 1 is 1.15 bits per heavy atom. The molecule has 0 radical (unpaired) electrons. The molecule has 1 unspecified atom stereocenters. The minimum atomic E-state index is -0.757. The van der Waals surface area contributed by atoms with Crippen LogP contribution >= 0.6 is 0 Å². The van der Waals surface area contributed by atoms with Gasteiger partial charge in [0.1, 0.15) is 18.8 Å². The van der Waals surface area contributed by atoms with Crippen LogP contribution in [0.25, 0.3) is 0 Å². The Bertz CT molecular complexity index is 474. The summed E-state index contributed by atoms with van der Waals surface area (Å²) in [6.45, 7) is 11.2. The van der Waals surface area contributed by atoms with Gasteiger partial charge in [-0.25, -0.2) is 4.79 Å². The highest BCUT2D eigenvalue weighted by molar-refractivity contribution is 5.81. The first-order valence-electron chi connectivity index (χ1n) is 8.60. The van der Waals surface area contributed by atoms with Crippen LogP contribution in [0.1, 0.15) is 40.5 Å². The molecule has 0 saturated carbocycles. The van der Waals surface area contributed by atoms with E-state index in [1.54, 1.807) is 20.8 Å². The van der Waals surface area contributed by atoms with Crippen molar-refractivity contribution in [3.8, 4) is 0 Å². The van der Waals surface area contributed by atoms with Crippen LogP contribution in [-0.2, 0) is 28.6 Å². The van der Waals surface area contributed by atoms with Gasteiger partial charge in [0, 0.05) is 39.1 Å². The Morgan fingerprint density at radius 3 is 2.23 bits per heavy atom. The van der Waals surface area contributed by atoms with E-state index in [1.807, 2.05) is 4.90 Å². The van der Waals surface area contributed by atoms with Gasteiger partial charge in [-0.05, 0) is 20.8 Å². The smallest absolute Gasteiger partial charge is 0.330 e. The molecular formula is C18H31NO7. The fraction of sp³-hybridized carbons (Fsp3) is 0.722. The van der Waals surface area contributed by atoms with Gasteiger partial charge in [-0.3, -0.25) is 14.5 Å². The average Bonchev–Trinajstić information content (AvgIpc) is 2.49. The van der Waals surface area contributed by atoms with Crippen molar-refractivity contribution in [3.05, 3.63) is 12.7 Å². The van der Waals surface area contributed by atoms with Crippen LogP contribution in [0, 0.1) is 0 Å². The Hall–Kier alpha value is -1.93. The van der Waals surface area contributed by atoms with Crippen molar-refractivity contribution in [1.82, 2.24) is 4.90 Å². The molecule has 0 aliphatic rings. The van der Waals surface area contributed by atoms with E-state index in [0.29, 0.717) is 26.1 Å². The van der Waals surface area contributed by atoms with E-state index in [4.69, 9.17) is 14.2 Å². The number of carbonyl (C=O) groups is 3. The minimum absolute atomic E-state index is 0.124. The third-order valence-electron chi connectivity index (χ3n) is 3.34. The zero-order chi connectivity index (χ0) is 20.2. The molecule has 150 valence electrons. The zero-order valence-corrected chi connectivity index (χ0v) is 16.2. The lowest BCUT2D eigenvalue weighted by Gasteiger charge is -2.27. The van der Waals surface area contributed by atoms with Crippen LogP contribution in [0.4, 0.5) is 0 Å². The Kier molecular flexibility index (Phi) is 11.5. The molecule has 0 aliphatic carbocycles. The second-order valence-corrected chi connectivity index (χ2v) is 6.59. The molecule has 0 heterocycles. The molecule has 0 aromatic heterocycles. The normalized spacial score (nSPS) is 12.4. The zero-order valence-electron chi connectivity index (χ0n) is 16.2. The van der Waals surface area contributed by atoms with Gasteiger partial charge >= 0.3 is 17.9 Å². The van der Waals surface area contributed by atoms with E-state index >= 15 is 0 Å². The summed E-state index contributed by atoms with van der Waals surface area (Å²) >= 11 is 0. The van der Waals surface area contributed by atoms with Crippen molar-refractivity contribution in [3.63, 3.8) is 0 Å². The lowest BCUT2D eigenvalue weighted by molar-refractivity contribution is -0.159. The first-order valence-corrected chi connectivity index (χ1v) is 8.60. The standard InChI is InChI=1S/C18H31NO7/c1-6-16(22)25-12-10-19(9-11-24-15(3)21)8-7-17(23)26-18(4,5)13-14(2)20/h6,14,20H,1,7-13H2,2-5H3. The highest BCUT2D eigenvalue weighted by Crippen LogP contribution is 2.17. The van der Waals surface area contributed by atoms with Crippen LogP contribution < -0.4 is 0 Å². The third-order valence-corrected chi connectivity index (χ3v) is 3.34. The van der Waals surface area contributed by atoms with Gasteiger partial charge in [0.15, 0.2) is 0 Å². The molecule has 0 saturated heterocycles. The van der Waals surface area contributed by atoms with Gasteiger partial charge in [-0.2, -0.15) is 0 Å². The quantitative estimate of drug-likeness (QED) is 0.290. The number of ether oxygens (including phenoxy) is 3. The van der Waals surface area contributed by atoms with Gasteiger partial charge in [0.25, 0.3) is 0 Å². The highest BCUT2D eigenvalue weighted by Gasteiger charge is 2.25. The molecule has 8 heteroatoms. The number of rotatable bonds is 13. The van der Waals surface area contributed by atoms with Gasteiger partial charge in [-0.1, -0.05) is 6.58 Å². The SMILES string of the molecule is C=CC(=O)OCCN(CCOC(C)=O)CCC(=O)OC(C)(C)CC(C)O. The van der Waals surface area contributed by atoms with Crippen LogP contribution in [-0.4, -0.2) is 72.5 Å². The van der Waals surface area contributed by atoms with Crippen molar-refractivity contribution < 1.29 is 33.7 Å². The number of esters is 3. The summed E-state index contributed by atoms with van der Waals surface area (Å²) in [5.74, 6) is -1.30. The predicted octanol–water partition coefficient (Wildman–Crippen LogP) is 1.06. The van der Waals surface area contributed by atoms with E-state index in [9.17, 15) is 19.5 Å². The van der Waals surface area contributed by atoms with Gasteiger partial charge in [0.2, 0.25) is 0 Å². The molecule has 0 aliphatic heterocycles. The molecular weight excluding hydrogens is 342 g/mol. The van der Waals surface area contributed by atoms with Crippen molar-refractivity contribution in [2.45, 2.75) is 52.2 Å². The summed E-state index contributed by atoms with van der Waals surface area (Å²) in [6.07, 6.45) is 0.966. The second kappa shape index (κ2) is 12.4. The summed E-state index contributed by atoms with van der Waals surface area (Å²) in [5, 5.41) is 9.43. The van der Waals surface area contributed by atoms with Gasteiger partial charge in [-0.15, -0.1) is 0 Å². The van der Waals surface area contributed by atoms with E-state index in [1.165, 1.54) is 6.92 Å². The van der Waals surface area contributed by atoms with Crippen LogP contribution in [0.15, 0.2) is 12.7 Å². The van der Waals surface area contributed by atoms with E-state index < -0.39 is 23.6 Å². The molecule has 26 heavy (non-hydrogen) atoms. The summed E-state index contributed by atoms with van der Waals surface area (Å²) in [6, 6.07) is 0. The molecule has 8 nitrogen and oxygen atoms in total. The van der Waals surface area contributed by atoms with Crippen molar-refractivity contribution in [2.24, 2.45) is 0 Å². The maximum absolute atomic E-state index is 12.0. The second-order valence-electron chi connectivity index (χ2n) is 6.59. The number of aliphatic hydroxyl groups is 1. The molecule has 0 aromatic rings. The summed E-state index contributed by atoms with van der Waals surface area (Å²) in [7, 11) is 0. The Labute approximate surface area is 155 Å². The van der Waals surface area contributed by atoms with Gasteiger partial charge in [0.05, 0.1) is 12.5 Å². The topological polar surface area (TPSA) is 102 Å². The minimum Gasteiger partial charge on any atom is -0.465 e. The molecule has 0 amide bonds. The first-order chi connectivity index (χ1) is 12.1. The lowest BCUT2D eigenvalue weighted by Crippen LogP contribution is -2.36. The van der Waals surface area contributed by atoms with Gasteiger partial charge < -0.3 is 19.3 Å².